The molecule has 2 atom stereocenters. The second-order valence-corrected chi connectivity index (χ2v) is 6.86. The first-order chi connectivity index (χ1) is 11.8. The van der Waals surface area contributed by atoms with Crippen LogP contribution >= 0.6 is 11.8 Å². The maximum absolute atomic E-state index is 12.3. The van der Waals surface area contributed by atoms with Crippen molar-refractivity contribution >= 4 is 23.4 Å². The first-order valence-electron chi connectivity index (χ1n) is 7.94. The van der Waals surface area contributed by atoms with Crippen molar-refractivity contribution in [1.82, 2.24) is 5.32 Å². The average molecular weight is 377 g/mol. The fourth-order valence-corrected chi connectivity index (χ4v) is 3.16. The summed E-state index contributed by atoms with van der Waals surface area (Å²) in [5.41, 5.74) is 6.47. The second-order valence-electron chi connectivity index (χ2n) is 5.87. The summed E-state index contributed by atoms with van der Waals surface area (Å²) in [7, 11) is 0. The molecular formula is C16H22F3N3O2S. The first kappa shape index (κ1) is 19.7. The van der Waals surface area contributed by atoms with Crippen molar-refractivity contribution in [2.24, 2.45) is 5.73 Å². The molecule has 1 saturated heterocycles. The molecule has 1 aliphatic heterocycles. The van der Waals surface area contributed by atoms with Crippen molar-refractivity contribution in [3.8, 4) is 5.75 Å². The van der Waals surface area contributed by atoms with Crippen molar-refractivity contribution in [2.75, 3.05) is 30.0 Å². The lowest BCUT2D eigenvalue weighted by atomic mass is 10.2. The number of alkyl halides is 3. The number of nitrogens with two attached hydrogens (primary N) is 1. The molecule has 1 amide bonds. The Balaban J connectivity index is 1.90. The number of benzene rings is 1. The van der Waals surface area contributed by atoms with Crippen LogP contribution in [0.15, 0.2) is 24.3 Å². The SMILES string of the molecule is CSCC[C@H](N)C(=O)NC1CCN(c2cccc(OC(F)(F)F)c2)C1. The molecule has 9 heteroatoms. The van der Waals surface area contributed by atoms with E-state index < -0.39 is 12.4 Å². The molecule has 1 aromatic carbocycles. The fourth-order valence-electron chi connectivity index (χ4n) is 2.67. The number of thioether (sulfide) groups is 1. The van der Waals surface area contributed by atoms with Gasteiger partial charge in [-0.3, -0.25) is 4.79 Å². The third kappa shape index (κ3) is 6.32. The number of rotatable bonds is 7. The van der Waals surface area contributed by atoms with Crippen LogP contribution in [0.4, 0.5) is 18.9 Å². The lowest BCUT2D eigenvalue weighted by molar-refractivity contribution is -0.274. The van der Waals surface area contributed by atoms with E-state index in [0.717, 1.165) is 5.75 Å². The quantitative estimate of drug-likeness (QED) is 0.764. The number of amides is 1. The Kier molecular flexibility index (Phi) is 6.83. The minimum absolute atomic E-state index is 0.0694. The molecule has 0 spiro atoms. The smallest absolute Gasteiger partial charge is 0.406 e. The highest BCUT2D eigenvalue weighted by molar-refractivity contribution is 7.98. The van der Waals surface area contributed by atoms with Gasteiger partial charge in [0.15, 0.2) is 0 Å². The molecule has 1 unspecified atom stereocenters. The highest BCUT2D eigenvalue weighted by atomic mass is 32.2. The predicted octanol–water partition coefficient (Wildman–Crippen LogP) is 2.36. The summed E-state index contributed by atoms with van der Waals surface area (Å²) in [6, 6.07) is 5.24. The molecule has 1 fully saturated rings. The number of nitrogens with zero attached hydrogens (tertiary/aromatic N) is 1. The Labute approximate surface area is 149 Å². The largest absolute Gasteiger partial charge is 0.573 e. The van der Waals surface area contributed by atoms with E-state index in [1.54, 1.807) is 17.8 Å². The minimum Gasteiger partial charge on any atom is -0.406 e. The topological polar surface area (TPSA) is 67.6 Å². The Bertz CT molecular complexity index is 586. The van der Waals surface area contributed by atoms with E-state index in [1.807, 2.05) is 11.2 Å². The molecule has 140 valence electrons. The summed E-state index contributed by atoms with van der Waals surface area (Å²) in [5.74, 6) is 0.379. The molecule has 25 heavy (non-hydrogen) atoms. The Hall–Kier alpha value is -1.61. The maximum atomic E-state index is 12.3. The lowest BCUT2D eigenvalue weighted by Gasteiger charge is -2.21. The van der Waals surface area contributed by atoms with E-state index in [0.29, 0.717) is 31.6 Å². The van der Waals surface area contributed by atoms with Crippen LogP contribution in [0.25, 0.3) is 0 Å². The lowest BCUT2D eigenvalue weighted by Crippen LogP contribution is -2.46. The van der Waals surface area contributed by atoms with Crippen molar-refractivity contribution in [2.45, 2.75) is 31.3 Å². The molecule has 3 N–H and O–H groups in total. The molecule has 1 heterocycles. The molecule has 0 aliphatic carbocycles. The van der Waals surface area contributed by atoms with Gasteiger partial charge in [-0.25, -0.2) is 0 Å². The standard InChI is InChI=1S/C16H22F3N3O2S/c1-25-8-6-14(20)15(23)21-11-5-7-22(10-11)12-3-2-4-13(9-12)24-16(17,18)19/h2-4,9,11,14H,5-8,10,20H2,1H3,(H,21,23)/t11?,14-/m0/s1. The van der Waals surface area contributed by atoms with Gasteiger partial charge in [-0.05, 0) is 37.0 Å². The van der Waals surface area contributed by atoms with Gasteiger partial charge in [0.05, 0.1) is 6.04 Å². The molecule has 0 radical (unpaired) electrons. The average Bonchev–Trinajstić information content (AvgIpc) is 2.99. The number of anilines is 1. The van der Waals surface area contributed by atoms with Gasteiger partial charge in [-0.15, -0.1) is 13.2 Å². The van der Waals surface area contributed by atoms with Crippen LogP contribution in [0.5, 0.6) is 5.75 Å². The minimum atomic E-state index is -4.72. The van der Waals surface area contributed by atoms with Crippen molar-refractivity contribution in [3.63, 3.8) is 0 Å². The molecule has 5 nitrogen and oxygen atoms in total. The monoisotopic (exact) mass is 377 g/mol. The van der Waals surface area contributed by atoms with Crippen molar-refractivity contribution < 1.29 is 22.7 Å². The molecule has 1 aromatic rings. The van der Waals surface area contributed by atoms with Crippen LogP contribution in [0.1, 0.15) is 12.8 Å². The van der Waals surface area contributed by atoms with Gasteiger partial charge in [-0.1, -0.05) is 6.07 Å². The highest BCUT2D eigenvalue weighted by Gasteiger charge is 2.31. The van der Waals surface area contributed by atoms with E-state index in [1.165, 1.54) is 18.2 Å². The van der Waals surface area contributed by atoms with Crippen LogP contribution in [-0.4, -0.2) is 49.5 Å². The van der Waals surface area contributed by atoms with Gasteiger partial charge < -0.3 is 20.7 Å². The van der Waals surface area contributed by atoms with Gasteiger partial charge in [0.1, 0.15) is 5.75 Å². The van der Waals surface area contributed by atoms with E-state index in [4.69, 9.17) is 5.73 Å². The van der Waals surface area contributed by atoms with Crippen LogP contribution < -0.4 is 20.7 Å². The number of nitrogens with one attached hydrogen (secondary N) is 1. The maximum Gasteiger partial charge on any atom is 0.573 e. The van der Waals surface area contributed by atoms with Gasteiger partial charge in [0, 0.05) is 30.9 Å². The number of ether oxygens (including phenoxy) is 1. The van der Waals surface area contributed by atoms with Crippen molar-refractivity contribution in [3.05, 3.63) is 24.3 Å². The number of hydrogen-bond donors (Lipinski definition) is 2. The fraction of sp³-hybridized carbons (Fsp3) is 0.562. The number of hydrogen-bond acceptors (Lipinski definition) is 5. The third-order valence-corrected chi connectivity index (χ3v) is 4.56. The third-order valence-electron chi connectivity index (χ3n) is 3.92. The van der Waals surface area contributed by atoms with E-state index in [-0.39, 0.29) is 17.7 Å². The molecule has 0 aromatic heterocycles. The zero-order valence-corrected chi connectivity index (χ0v) is 14.7. The van der Waals surface area contributed by atoms with Crippen LogP contribution in [0, 0.1) is 0 Å². The summed E-state index contributed by atoms with van der Waals surface area (Å²) in [5, 5.41) is 2.91. The van der Waals surface area contributed by atoms with Crippen molar-refractivity contribution in [1.29, 1.82) is 0 Å². The summed E-state index contributed by atoms with van der Waals surface area (Å²) in [6.45, 7) is 1.16. The molecule has 0 bridgehead atoms. The highest BCUT2D eigenvalue weighted by Crippen LogP contribution is 2.28. The second kappa shape index (κ2) is 8.66. The van der Waals surface area contributed by atoms with Gasteiger partial charge in [0.25, 0.3) is 0 Å². The number of halogens is 3. The zero-order chi connectivity index (χ0) is 18.4. The van der Waals surface area contributed by atoms with Gasteiger partial charge in [-0.2, -0.15) is 11.8 Å². The first-order valence-corrected chi connectivity index (χ1v) is 9.33. The summed E-state index contributed by atoms with van der Waals surface area (Å²) in [6.07, 6.45) is -1.44. The van der Waals surface area contributed by atoms with E-state index >= 15 is 0 Å². The predicted molar refractivity (Wildman–Crippen MR) is 92.9 cm³/mol. The normalized spacial score (nSPS) is 18.9. The number of carbonyl (C=O) groups is 1. The Morgan fingerprint density at radius 1 is 1.52 bits per heavy atom. The Morgan fingerprint density at radius 2 is 2.28 bits per heavy atom. The molecule has 0 saturated carbocycles. The van der Waals surface area contributed by atoms with Gasteiger partial charge >= 0.3 is 6.36 Å². The number of carbonyl (C=O) groups excluding carboxylic acids is 1. The molecule has 1 aliphatic rings. The van der Waals surface area contributed by atoms with E-state index in [2.05, 4.69) is 10.1 Å². The van der Waals surface area contributed by atoms with Crippen LogP contribution in [0.3, 0.4) is 0 Å². The summed E-state index contributed by atoms with van der Waals surface area (Å²) >= 11 is 1.63. The van der Waals surface area contributed by atoms with Gasteiger partial charge in [0.2, 0.25) is 5.91 Å². The van der Waals surface area contributed by atoms with Crippen LogP contribution in [0.2, 0.25) is 0 Å². The Morgan fingerprint density at radius 3 is 2.96 bits per heavy atom. The zero-order valence-electron chi connectivity index (χ0n) is 13.9. The molecular weight excluding hydrogens is 355 g/mol. The summed E-state index contributed by atoms with van der Waals surface area (Å²) in [4.78, 5) is 14.0. The summed E-state index contributed by atoms with van der Waals surface area (Å²) < 4.78 is 40.9. The molecule has 2 rings (SSSR count). The van der Waals surface area contributed by atoms with Crippen LogP contribution in [-0.2, 0) is 4.79 Å². The van der Waals surface area contributed by atoms with E-state index in [9.17, 15) is 18.0 Å².